The van der Waals surface area contributed by atoms with Crippen molar-refractivity contribution in [2.24, 2.45) is 0 Å². The molecule has 5 nitrogen and oxygen atoms in total. The fourth-order valence-corrected chi connectivity index (χ4v) is 5.96. The molecular weight excluding hydrogens is 555 g/mol. The van der Waals surface area contributed by atoms with Crippen LogP contribution in [0.15, 0.2) is 36.4 Å². The normalized spacial score (nSPS) is 21.1. The highest BCUT2D eigenvalue weighted by atomic mass is 19.4. The molecule has 0 unspecified atom stereocenters. The van der Waals surface area contributed by atoms with Crippen molar-refractivity contribution in [3.8, 4) is 0 Å². The van der Waals surface area contributed by atoms with E-state index in [1.54, 1.807) is 17.9 Å². The number of alkyl halides is 6. The van der Waals surface area contributed by atoms with E-state index in [1.807, 2.05) is 0 Å². The first-order chi connectivity index (χ1) is 19.1. The van der Waals surface area contributed by atoms with Crippen LogP contribution < -0.4 is 5.32 Å². The Morgan fingerprint density at radius 1 is 0.902 bits per heavy atom. The number of amides is 2. The standard InChI is InChI=1S/C29H32F7N3O2/c1-17-11-22(30)3-4-24(17)25-16-39(23-5-8-38(9-6-23)18(2)40)10-7-26(25)37-27(41)14-19-12-20(28(31,32)33)15-21(13-19)29(34,35)36/h3-4,11-13,15,23,25-26H,5-10,14,16H2,1-2H3,(H,37,41)/t25-,26+/m1/s1. The van der Waals surface area contributed by atoms with Gasteiger partial charge in [-0.3, -0.25) is 14.5 Å². The fourth-order valence-electron chi connectivity index (χ4n) is 5.96. The molecule has 4 rings (SSSR count). The number of hydrogen-bond acceptors (Lipinski definition) is 3. The average Bonchev–Trinajstić information content (AvgIpc) is 2.88. The van der Waals surface area contributed by atoms with E-state index in [0.717, 1.165) is 18.4 Å². The van der Waals surface area contributed by atoms with Gasteiger partial charge in [-0.25, -0.2) is 4.39 Å². The van der Waals surface area contributed by atoms with Crippen LogP contribution in [0.2, 0.25) is 0 Å². The van der Waals surface area contributed by atoms with E-state index in [4.69, 9.17) is 0 Å². The Hall–Kier alpha value is -3.15. The number of hydrogen-bond donors (Lipinski definition) is 1. The number of piperidine rings is 2. The zero-order valence-electron chi connectivity index (χ0n) is 22.7. The van der Waals surface area contributed by atoms with Crippen molar-refractivity contribution < 1.29 is 40.3 Å². The molecule has 0 aliphatic carbocycles. The molecule has 41 heavy (non-hydrogen) atoms. The first kappa shape index (κ1) is 30.8. The summed E-state index contributed by atoms with van der Waals surface area (Å²) in [6, 6.07) is 5.26. The predicted molar refractivity (Wildman–Crippen MR) is 137 cm³/mol. The molecule has 0 saturated carbocycles. The van der Waals surface area contributed by atoms with Gasteiger partial charge in [0.25, 0.3) is 0 Å². The van der Waals surface area contributed by atoms with Crippen LogP contribution in [0.4, 0.5) is 30.7 Å². The summed E-state index contributed by atoms with van der Waals surface area (Å²) in [6.45, 7) is 5.67. The lowest BCUT2D eigenvalue weighted by Crippen LogP contribution is -2.55. The van der Waals surface area contributed by atoms with E-state index >= 15 is 0 Å². The van der Waals surface area contributed by atoms with Gasteiger partial charge >= 0.3 is 12.4 Å². The van der Waals surface area contributed by atoms with E-state index < -0.39 is 53.2 Å². The summed E-state index contributed by atoms with van der Waals surface area (Å²) in [6.07, 6.45) is -8.63. The van der Waals surface area contributed by atoms with Crippen molar-refractivity contribution in [3.05, 3.63) is 70.0 Å². The number of nitrogens with zero attached hydrogens (tertiary/aromatic N) is 2. The summed E-state index contributed by atoms with van der Waals surface area (Å²) in [5.74, 6) is -1.38. The summed E-state index contributed by atoms with van der Waals surface area (Å²) in [7, 11) is 0. The Morgan fingerprint density at radius 2 is 1.51 bits per heavy atom. The molecule has 2 amide bonds. The Bertz CT molecular complexity index is 1240. The number of nitrogens with one attached hydrogen (secondary N) is 1. The largest absolute Gasteiger partial charge is 0.416 e. The molecule has 2 aromatic rings. The molecule has 0 spiro atoms. The highest BCUT2D eigenvalue weighted by molar-refractivity contribution is 5.79. The molecule has 2 aromatic carbocycles. The van der Waals surface area contributed by atoms with Gasteiger partial charge in [0, 0.05) is 51.1 Å². The van der Waals surface area contributed by atoms with Crippen molar-refractivity contribution in [2.75, 3.05) is 26.2 Å². The lowest BCUT2D eigenvalue weighted by molar-refractivity contribution is -0.143. The maximum atomic E-state index is 13.9. The molecule has 2 saturated heterocycles. The van der Waals surface area contributed by atoms with E-state index in [9.17, 15) is 40.3 Å². The summed E-state index contributed by atoms with van der Waals surface area (Å²) in [5, 5.41) is 2.84. The molecule has 224 valence electrons. The van der Waals surface area contributed by atoms with Crippen LogP contribution in [-0.4, -0.2) is 59.9 Å². The number of halogens is 7. The number of benzene rings is 2. The van der Waals surface area contributed by atoms with Crippen molar-refractivity contribution in [2.45, 2.75) is 69.9 Å². The SMILES string of the molecule is CC(=O)N1CCC(N2CC[C@H](NC(=O)Cc3cc(C(F)(F)F)cc(C(F)(F)F)c3)[C@@H](c3ccc(F)cc3C)C2)CC1. The number of rotatable bonds is 5. The van der Waals surface area contributed by atoms with E-state index in [-0.39, 0.29) is 23.9 Å². The molecule has 0 bridgehead atoms. The Kier molecular flexibility index (Phi) is 9.01. The van der Waals surface area contributed by atoms with E-state index in [0.29, 0.717) is 50.3 Å². The van der Waals surface area contributed by atoms with E-state index in [2.05, 4.69) is 10.2 Å². The quantitative estimate of drug-likeness (QED) is 0.457. The predicted octanol–water partition coefficient (Wildman–Crippen LogP) is 5.70. The third-order valence-corrected chi connectivity index (χ3v) is 8.06. The molecule has 12 heteroatoms. The number of carbonyl (C=O) groups excluding carboxylic acids is 2. The molecule has 0 aromatic heterocycles. The van der Waals surface area contributed by atoms with Gasteiger partial charge in [0.1, 0.15) is 5.82 Å². The van der Waals surface area contributed by atoms with Gasteiger partial charge in [0.15, 0.2) is 0 Å². The Balaban J connectivity index is 1.53. The molecule has 1 N–H and O–H groups in total. The number of likely N-dealkylation sites (tertiary alicyclic amines) is 2. The van der Waals surface area contributed by atoms with Crippen LogP contribution >= 0.6 is 0 Å². The minimum atomic E-state index is -5.01. The second-order valence-corrected chi connectivity index (χ2v) is 10.9. The van der Waals surface area contributed by atoms with Crippen LogP contribution in [0.1, 0.15) is 59.9 Å². The van der Waals surface area contributed by atoms with Gasteiger partial charge in [-0.1, -0.05) is 6.07 Å². The van der Waals surface area contributed by atoms with Gasteiger partial charge < -0.3 is 10.2 Å². The van der Waals surface area contributed by atoms with Crippen molar-refractivity contribution in [3.63, 3.8) is 0 Å². The second kappa shape index (κ2) is 12.0. The maximum absolute atomic E-state index is 13.9. The van der Waals surface area contributed by atoms with Crippen LogP contribution in [0.3, 0.4) is 0 Å². The van der Waals surface area contributed by atoms with Crippen LogP contribution in [-0.2, 0) is 28.4 Å². The topological polar surface area (TPSA) is 52.7 Å². The van der Waals surface area contributed by atoms with Crippen LogP contribution in [0.5, 0.6) is 0 Å². The van der Waals surface area contributed by atoms with Crippen molar-refractivity contribution >= 4 is 11.8 Å². The van der Waals surface area contributed by atoms with Gasteiger partial charge in [0.2, 0.25) is 11.8 Å². The highest BCUT2D eigenvalue weighted by Crippen LogP contribution is 2.37. The first-order valence-electron chi connectivity index (χ1n) is 13.4. The zero-order chi connectivity index (χ0) is 30.1. The van der Waals surface area contributed by atoms with Crippen LogP contribution in [0, 0.1) is 12.7 Å². The average molecular weight is 588 g/mol. The minimum absolute atomic E-state index is 0.0211. The van der Waals surface area contributed by atoms with Crippen molar-refractivity contribution in [1.82, 2.24) is 15.1 Å². The third kappa shape index (κ3) is 7.58. The second-order valence-electron chi connectivity index (χ2n) is 10.9. The lowest BCUT2D eigenvalue weighted by atomic mass is 9.82. The fraction of sp³-hybridized carbons (Fsp3) is 0.517. The maximum Gasteiger partial charge on any atom is 0.416 e. The molecule has 2 heterocycles. The molecule has 2 fully saturated rings. The summed E-state index contributed by atoms with van der Waals surface area (Å²) < 4.78 is 93.6. The highest BCUT2D eigenvalue weighted by Gasteiger charge is 2.38. The van der Waals surface area contributed by atoms with Gasteiger partial charge in [-0.2, -0.15) is 26.3 Å². The first-order valence-corrected chi connectivity index (χ1v) is 13.4. The zero-order valence-corrected chi connectivity index (χ0v) is 22.7. The molecule has 0 radical (unpaired) electrons. The monoisotopic (exact) mass is 587 g/mol. The third-order valence-electron chi connectivity index (χ3n) is 8.06. The van der Waals surface area contributed by atoms with Gasteiger partial charge in [0.05, 0.1) is 17.5 Å². The molecular formula is C29H32F7N3O2. The smallest absolute Gasteiger partial charge is 0.352 e. The molecule has 2 atom stereocenters. The Labute approximate surface area is 233 Å². The summed E-state index contributed by atoms with van der Waals surface area (Å²) >= 11 is 0. The molecule has 2 aliphatic rings. The Morgan fingerprint density at radius 3 is 2.05 bits per heavy atom. The number of aryl methyl sites for hydroxylation is 1. The lowest BCUT2D eigenvalue weighted by Gasteiger charge is -2.45. The minimum Gasteiger partial charge on any atom is -0.352 e. The van der Waals surface area contributed by atoms with Crippen molar-refractivity contribution in [1.29, 1.82) is 0 Å². The van der Waals surface area contributed by atoms with Gasteiger partial charge in [-0.05, 0) is 73.2 Å². The molecule has 2 aliphatic heterocycles. The summed E-state index contributed by atoms with van der Waals surface area (Å²) in [4.78, 5) is 28.8. The van der Waals surface area contributed by atoms with E-state index in [1.165, 1.54) is 19.1 Å². The summed E-state index contributed by atoms with van der Waals surface area (Å²) in [5.41, 5.74) is -1.86. The number of carbonyl (C=O) groups is 2. The van der Waals surface area contributed by atoms with Crippen LogP contribution in [0.25, 0.3) is 0 Å². The van der Waals surface area contributed by atoms with Gasteiger partial charge in [-0.15, -0.1) is 0 Å².